The molecule has 76 valence electrons. The molecule has 0 radical (unpaired) electrons. The van der Waals surface area contributed by atoms with Gasteiger partial charge in [0, 0.05) is 12.3 Å². The normalized spacial score (nSPS) is 18.3. The van der Waals surface area contributed by atoms with E-state index in [-0.39, 0.29) is 11.5 Å². The van der Waals surface area contributed by atoms with Crippen molar-refractivity contribution >= 4 is 40.3 Å². The molecule has 0 aliphatic carbocycles. The minimum absolute atomic E-state index is 0.199. The lowest BCUT2D eigenvalue weighted by atomic mass is 10.2. The number of H-pyrrole nitrogens is 1. The summed E-state index contributed by atoms with van der Waals surface area (Å²) in [7, 11) is 0. The molecule has 1 aliphatic rings. The van der Waals surface area contributed by atoms with E-state index in [0.717, 1.165) is 0 Å². The van der Waals surface area contributed by atoms with E-state index >= 15 is 0 Å². The van der Waals surface area contributed by atoms with Crippen molar-refractivity contribution in [3.05, 3.63) is 39.2 Å². The molecule has 2 heterocycles. The predicted octanol–water partition coefficient (Wildman–Crippen LogP) is 0.864. The number of hydrogen-bond acceptors (Lipinski definition) is 4. The fourth-order valence-electron chi connectivity index (χ4n) is 1.12. The number of aromatic amines is 1. The van der Waals surface area contributed by atoms with Crippen LogP contribution < -0.4 is 10.9 Å². The van der Waals surface area contributed by atoms with E-state index in [1.807, 2.05) is 0 Å². The van der Waals surface area contributed by atoms with E-state index in [9.17, 15) is 9.59 Å². The minimum Gasteiger partial charge on any atom is -0.329 e. The van der Waals surface area contributed by atoms with Gasteiger partial charge in [-0.05, 0) is 17.7 Å². The Labute approximate surface area is 94.8 Å². The summed E-state index contributed by atoms with van der Waals surface area (Å²) in [6.45, 7) is 0. The first-order chi connectivity index (χ1) is 7.15. The Bertz CT molecular complexity index is 519. The fraction of sp³-hybridized carbons (Fsp3) is 0. The minimum atomic E-state index is -0.217. The number of nitrogens with one attached hydrogen (secondary N) is 2. The molecule has 1 saturated heterocycles. The van der Waals surface area contributed by atoms with Gasteiger partial charge in [0.2, 0.25) is 5.56 Å². The largest absolute Gasteiger partial charge is 0.329 e. The molecular weight excluding hydrogens is 232 g/mol. The number of aromatic nitrogens is 1. The molecule has 2 rings (SSSR count). The molecule has 0 atom stereocenters. The zero-order valence-electron chi connectivity index (χ0n) is 7.44. The molecule has 1 aliphatic heterocycles. The van der Waals surface area contributed by atoms with Crippen molar-refractivity contribution in [2.24, 2.45) is 0 Å². The summed E-state index contributed by atoms with van der Waals surface area (Å²) in [5, 5.41) is 2.50. The third kappa shape index (κ3) is 2.34. The summed E-state index contributed by atoms with van der Waals surface area (Å²) in [5.41, 5.74) is 0.483. The molecule has 0 aromatic carbocycles. The maximum absolute atomic E-state index is 11.3. The van der Waals surface area contributed by atoms with E-state index in [0.29, 0.717) is 14.8 Å². The van der Waals surface area contributed by atoms with Crippen LogP contribution in [0.4, 0.5) is 0 Å². The zero-order chi connectivity index (χ0) is 10.8. The third-order valence-electron chi connectivity index (χ3n) is 1.74. The van der Waals surface area contributed by atoms with Gasteiger partial charge in [-0.15, -0.1) is 0 Å². The number of carbonyl (C=O) groups is 1. The molecule has 1 aromatic rings. The number of carbonyl (C=O) groups excluding carboxylic acids is 1. The second kappa shape index (κ2) is 4.00. The quantitative estimate of drug-likeness (QED) is 0.563. The Morgan fingerprint density at radius 2 is 2.20 bits per heavy atom. The molecule has 1 fully saturated rings. The number of pyridine rings is 1. The molecule has 1 aromatic heterocycles. The molecule has 2 N–H and O–H groups in total. The summed E-state index contributed by atoms with van der Waals surface area (Å²) in [5.74, 6) is -0.217. The molecule has 0 unspecified atom stereocenters. The van der Waals surface area contributed by atoms with Crippen molar-refractivity contribution in [2.45, 2.75) is 0 Å². The van der Waals surface area contributed by atoms with Crippen LogP contribution in [0, 0.1) is 0 Å². The van der Waals surface area contributed by atoms with E-state index in [4.69, 9.17) is 12.2 Å². The Hall–Kier alpha value is -1.40. The summed E-state index contributed by atoms with van der Waals surface area (Å²) in [6, 6.07) is 3.13. The summed E-state index contributed by atoms with van der Waals surface area (Å²) in [4.78, 5) is 25.3. The molecule has 6 heteroatoms. The van der Waals surface area contributed by atoms with E-state index in [2.05, 4.69) is 10.3 Å². The van der Waals surface area contributed by atoms with Crippen molar-refractivity contribution in [3.8, 4) is 0 Å². The van der Waals surface area contributed by atoms with Gasteiger partial charge in [0.25, 0.3) is 5.91 Å². The molecule has 0 bridgehead atoms. The zero-order valence-corrected chi connectivity index (χ0v) is 9.08. The van der Waals surface area contributed by atoms with Crippen LogP contribution in [0.2, 0.25) is 0 Å². The van der Waals surface area contributed by atoms with E-state index in [1.165, 1.54) is 24.0 Å². The predicted molar refractivity (Wildman–Crippen MR) is 63.4 cm³/mol. The van der Waals surface area contributed by atoms with Gasteiger partial charge < -0.3 is 10.3 Å². The van der Waals surface area contributed by atoms with E-state index < -0.39 is 0 Å². The number of hydrogen-bond donors (Lipinski definition) is 2. The van der Waals surface area contributed by atoms with Gasteiger partial charge in [0.1, 0.15) is 4.32 Å². The smallest absolute Gasteiger partial charge is 0.263 e. The number of rotatable bonds is 1. The number of thiocarbonyl (C=S) groups is 1. The van der Waals surface area contributed by atoms with Crippen LogP contribution in [0.5, 0.6) is 0 Å². The fourth-order valence-corrected chi connectivity index (χ4v) is 2.17. The molecule has 0 saturated carbocycles. The highest BCUT2D eigenvalue weighted by Crippen LogP contribution is 2.25. The number of amides is 1. The second-order valence-corrected chi connectivity index (χ2v) is 4.56. The molecule has 1 amide bonds. The summed E-state index contributed by atoms with van der Waals surface area (Å²) >= 11 is 6.03. The topological polar surface area (TPSA) is 62.0 Å². The Balaban J connectivity index is 2.35. The lowest BCUT2D eigenvalue weighted by Gasteiger charge is -1.92. The Morgan fingerprint density at radius 1 is 1.40 bits per heavy atom. The molecule has 4 nitrogen and oxygen atoms in total. The Morgan fingerprint density at radius 3 is 2.80 bits per heavy atom. The molecule has 15 heavy (non-hydrogen) atoms. The molecule has 0 spiro atoms. The van der Waals surface area contributed by atoms with Gasteiger partial charge >= 0.3 is 0 Å². The van der Waals surface area contributed by atoms with Crippen molar-refractivity contribution in [2.75, 3.05) is 0 Å². The molecular formula is C9H6N2O2S2. The SMILES string of the molecule is O=C1NC(=S)S/C1=C\c1cc[nH]c(=O)c1. The van der Waals surface area contributed by atoms with Gasteiger partial charge in [-0.2, -0.15) is 0 Å². The highest BCUT2D eigenvalue weighted by atomic mass is 32.2. The second-order valence-electron chi connectivity index (χ2n) is 2.84. The third-order valence-corrected chi connectivity index (χ3v) is 2.90. The van der Waals surface area contributed by atoms with Crippen molar-refractivity contribution < 1.29 is 4.79 Å². The monoisotopic (exact) mass is 238 g/mol. The van der Waals surface area contributed by atoms with Crippen LogP contribution in [-0.4, -0.2) is 15.2 Å². The Kier molecular flexibility index (Phi) is 2.70. The number of thioether (sulfide) groups is 1. The maximum Gasteiger partial charge on any atom is 0.263 e. The van der Waals surface area contributed by atoms with Crippen molar-refractivity contribution in [3.63, 3.8) is 0 Å². The lowest BCUT2D eigenvalue weighted by Crippen LogP contribution is -2.17. The first kappa shape index (κ1) is 10.1. The average molecular weight is 238 g/mol. The summed E-state index contributed by atoms with van der Waals surface area (Å²) < 4.78 is 0.441. The standard InChI is InChI=1S/C9H6N2O2S2/c12-7-4-5(1-2-10-7)3-6-8(13)11-9(14)15-6/h1-4H,(H,10,12)(H,11,13,14)/b6-3-. The van der Waals surface area contributed by atoms with Crippen LogP contribution in [0.15, 0.2) is 28.0 Å². The first-order valence-electron chi connectivity index (χ1n) is 4.09. The van der Waals surface area contributed by atoms with Gasteiger partial charge in [-0.1, -0.05) is 24.0 Å². The highest BCUT2D eigenvalue weighted by Gasteiger charge is 2.21. The maximum atomic E-state index is 11.3. The van der Waals surface area contributed by atoms with Gasteiger partial charge in [-0.25, -0.2) is 0 Å². The van der Waals surface area contributed by atoms with Crippen LogP contribution in [0.3, 0.4) is 0 Å². The van der Waals surface area contributed by atoms with Gasteiger partial charge in [0.05, 0.1) is 4.91 Å². The lowest BCUT2D eigenvalue weighted by molar-refractivity contribution is -0.115. The van der Waals surface area contributed by atoms with Crippen LogP contribution >= 0.6 is 24.0 Å². The van der Waals surface area contributed by atoms with Crippen LogP contribution in [-0.2, 0) is 4.79 Å². The average Bonchev–Trinajstić information content (AvgIpc) is 2.45. The van der Waals surface area contributed by atoms with Gasteiger partial charge in [0.15, 0.2) is 0 Å². The van der Waals surface area contributed by atoms with Crippen LogP contribution in [0.25, 0.3) is 6.08 Å². The van der Waals surface area contributed by atoms with Gasteiger partial charge in [-0.3, -0.25) is 9.59 Å². The van der Waals surface area contributed by atoms with Crippen LogP contribution in [0.1, 0.15) is 5.56 Å². The highest BCUT2D eigenvalue weighted by molar-refractivity contribution is 8.26. The first-order valence-corrected chi connectivity index (χ1v) is 5.31. The summed E-state index contributed by atoms with van der Waals surface area (Å²) in [6.07, 6.45) is 3.17. The van der Waals surface area contributed by atoms with Crippen molar-refractivity contribution in [1.29, 1.82) is 0 Å². The van der Waals surface area contributed by atoms with E-state index in [1.54, 1.807) is 12.1 Å². The van der Waals surface area contributed by atoms with Crippen molar-refractivity contribution in [1.82, 2.24) is 10.3 Å².